The Morgan fingerprint density at radius 2 is 1.72 bits per heavy atom. The van der Waals surface area contributed by atoms with E-state index in [0.717, 1.165) is 12.8 Å². The number of hydrogen-bond acceptors (Lipinski definition) is 4. The molecule has 0 unspecified atom stereocenters. The summed E-state index contributed by atoms with van der Waals surface area (Å²) in [5.41, 5.74) is 1.23. The largest absolute Gasteiger partial charge is 0.493 e. The molecule has 0 bridgehead atoms. The molecule has 1 aliphatic heterocycles. The molecule has 8 heteroatoms. The van der Waals surface area contributed by atoms with Crippen LogP contribution in [0.25, 0.3) is 0 Å². The molecular formula is C24H30ClN3O4. The predicted octanol–water partition coefficient (Wildman–Crippen LogP) is 4.91. The number of nitrogens with one attached hydrogen (secondary N) is 1. The Labute approximate surface area is 194 Å². The van der Waals surface area contributed by atoms with Gasteiger partial charge in [0.05, 0.1) is 13.7 Å². The van der Waals surface area contributed by atoms with Crippen molar-refractivity contribution in [1.82, 2.24) is 9.80 Å². The lowest BCUT2D eigenvalue weighted by Crippen LogP contribution is -2.39. The molecule has 1 N–H and O–H groups in total. The van der Waals surface area contributed by atoms with Crippen LogP contribution in [-0.4, -0.2) is 61.6 Å². The van der Waals surface area contributed by atoms with Gasteiger partial charge in [-0.05, 0) is 55.3 Å². The molecule has 2 aromatic carbocycles. The Kier molecular flexibility index (Phi) is 8.62. The van der Waals surface area contributed by atoms with E-state index in [1.807, 2.05) is 0 Å². The third-order valence-electron chi connectivity index (χ3n) is 5.33. The van der Waals surface area contributed by atoms with Crippen molar-refractivity contribution in [3.05, 3.63) is 53.1 Å². The number of carbonyl (C=O) groups is 2. The molecular weight excluding hydrogens is 430 g/mol. The number of rotatable bonds is 7. The van der Waals surface area contributed by atoms with Crippen molar-refractivity contribution in [3.63, 3.8) is 0 Å². The van der Waals surface area contributed by atoms with E-state index >= 15 is 0 Å². The van der Waals surface area contributed by atoms with Gasteiger partial charge in [0.15, 0.2) is 11.5 Å². The minimum Gasteiger partial charge on any atom is -0.493 e. The highest BCUT2D eigenvalue weighted by Gasteiger charge is 2.23. The van der Waals surface area contributed by atoms with Crippen LogP contribution in [0, 0.1) is 0 Å². The van der Waals surface area contributed by atoms with Crippen molar-refractivity contribution < 1.29 is 19.1 Å². The molecule has 1 fully saturated rings. The summed E-state index contributed by atoms with van der Waals surface area (Å²) in [5, 5.41) is 3.49. The van der Waals surface area contributed by atoms with Gasteiger partial charge in [0.2, 0.25) is 0 Å². The van der Waals surface area contributed by atoms with Crippen molar-refractivity contribution in [3.8, 4) is 11.5 Å². The van der Waals surface area contributed by atoms with E-state index in [1.54, 1.807) is 59.4 Å². The van der Waals surface area contributed by atoms with Gasteiger partial charge in [-0.25, -0.2) is 4.79 Å². The number of unbranched alkanes of at least 4 members (excludes halogenated alkanes) is 1. The predicted molar refractivity (Wildman–Crippen MR) is 126 cm³/mol. The maximum atomic E-state index is 13.1. The fraction of sp³-hybridized carbons (Fsp3) is 0.417. The van der Waals surface area contributed by atoms with Crippen LogP contribution in [0.2, 0.25) is 5.02 Å². The summed E-state index contributed by atoms with van der Waals surface area (Å²) in [6.07, 6.45) is 2.71. The second-order valence-corrected chi connectivity index (χ2v) is 8.07. The minimum absolute atomic E-state index is 0.0802. The number of hydrogen-bond donors (Lipinski definition) is 1. The van der Waals surface area contributed by atoms with Crippen LogP contribution >= 0.6 is 11.6 Å². The van der Waals surface area contributed by atoms with E-state index in [-0.39, 0.29) is 11.9 Å². The third-order valence-corrected chi connectivity index (χ3v) is 5.58. The quantitative estimate of drug-likeness (QED) is 0.597. The molecule has 7 nitrogen and oxygen atoms in total. The summed E-state index contributed by atoms with van der Waals surface area (Å²) < 4.78 is 11.2. The molecule has 172 valence electrons. The Bertz CT molecular complexity index is 920. The molecule has 3 rings (SSSR count). The topological polar surface area (TPSA) is 71.1 Å². The van der Waals surface area contributed by atoms with Crippen LogP contribution in [0.4, 0.5) is 10.5 Å². The molecule has 0 aliphatic carbocycles. The molecule has 2 aromatic rings. The van der Waals surface area contributed by atoms with Crippen molar-refractivity contribution >= 4 is 29.2 Å². The molecule has 1 aliphatic rings. The maximum absolute atomic E-state index is 13.1. The van der Waals surface area contributed by atoms with Gasteiger partial charge in [0, 0.05) is 42.5 Å². The van der Waals surface area contributed by atoms with Gasteiger partial charge in [-0.15, -0.1) is 0 Å². The first kappa shape index (κ1) is 23.7. The Morgan fingerprint density at radius 3 is 2.44 bits per heavy atom. The van der Waals surface area contributed by atoms with Crippen LogP contribution in [0.15, 0.2) is 42.5 Å². The van der Waals surface area contributed by atoms with Crippen molar-refractivity contribution in [2.45, 2.75) is 26.2 Å². The van der Waals surface area contributed by atoms with Crippen molar-refractivity contribution in [1.29, 1.82) is 0 Å². The number of urea groups is 1. The van der Waals surface area contributed by atoms with Crippen molar-refractivity contribution in [2.24, 2.45) is 0 Å². The van der Waals surface area contributed by atoms with Gasteiger partial charge < -0.3 is 24.6 Å². The number of halogens is 1. The molecule has 32 heavy (non-hydrogen) atoms. The lowest BCUT2D eigenvalue weighted by molar-refractivity contribution is 0.0762. The summed E-state index contributed by atoms with van der Waals surface area (Å²) in [5.74, 6) is 1.10. The third kappa shape index (κ3) is 6.29. The lowest BCUT2D eigenvalue weighted by Gasteiger charge is -2.23. The van der Waals surface area contributed by atoms with E-state index < -0.39 is 0 Å². The number of nitrogens with zero attached hydrogens (tertiary/aromatic N) is 2. The number of anilines is 1. The highest BCUT2D eigenvalue weighted by Crippen LogP contribution is 2.29. The number of methoxy groups -OCH3 is 1. The van der Waals surface area contributed by atoms with Gasteiger partial charge in [0.1, 0.15) is 0 Å². The number of carbonyl (C=O) groups excluding carboxylic acids is 2. The summed E-state index contributed by atoms with van der Waals surface area (Å²) in [6, 6.07) is 12.1. The average Bonchev–Trinajstić information content (AvgIpc) is 3.07. The fourth-order valence-electron chi connectivity index (χ4n) is 3.49. The number of ether oxygens (including phenoxy) is 2. The molecule has 1 heterocycles. The van der Waals surface area contributed by atoms with Gasteiger partial charge in [-0.3, -0.25) is 4.79 Å². The normalized spacial score (nSPS) is 14.0. The minimum atomic E-state index is -0.183. The second kappa shape index (κ2) is 11.6. The van der Waals surface area contributed by atoms with Crippen molar-refractivity contribution in [2.75, 3.05) is 45.2 Å². The lowest BCUT2D eigenvalue weighted by atomic mass is 10.1. The SMILES string of the molecule is CCCCOc1ccc(C(=O)N2CCCN(C(=O)Nc3ccc(Cl)cc3)CC2)cc1OC. The van der Waals surface area contributed by atoms with Crippen LogP contribution in [0.3, 0.4) is 0 Å². The number of amides is 3. The Hall–Kier alpha value is -2.93. The molecule has 0 aromatic heterocycles. The molecule has 0 radical (unpaired) electrons. The Balaban J connectivity index is 1.60. The smallest absolute Gasteiger partial charge is 0.321 e. The first-order valence-corrected chi connectivity index (χ1v) is 11.3. The molecule has 0 atom stereocenters. The van der Waals surface area contributed by atoms with Gasteiger partial charge in [-0.2, -0.15) is 0 Å². The second-order valence-electron chi connectivity index (χ2n) is 7.64. The average molecular weight is 460 g/mol. The van der Waals surface area contributed by atoms with Crippen LogP contribution in [0.5, 0.6) is 11.5 Å². The Morgan fingerprint density at radius 1 is 1.00 bits per heavy atom. The zero-order valence-corrected chi connectivity index (χ0v) is 19.4. The highest BCUT2D eigenvalue weighted by atomic mass is 35.5. The first-order valence-electron chi connectivity index (χ1n) is 10.9. The van der Waals surface area contributed by atoms with Gasteiger partial charge >= 0.3 is 6.03 Å². The zero-order valence-electron chi connectivity index (χ0n) is 18.6. The summed E-state index contributed by atoms with van der Waals surface area (Å²) in [6.45, 7) is 4.80. The molecule has 1 saturated heterocycles. The first-order chi connectivity index (χ1) is 15.5. The van der Waals surface area contributed by atoms with Gasteiger partial charge in [0.25, 0.3) is 5.91 Å². The van der Waals surface area contributed by atoms with E-state index in [1.165, 1.54) is 0 Å². The summed E-state index contributed by atoms with van der Waals surface area (Å²) >= 11 is 5.90. The van der Waals surface area contributed by atoms with E-state index in [4.69, 9.17) is 21.1 Å². The molecule has 3 amide bonds. The van der Waals surface area contributed by atoms with Gasteiger partial charge in [-0.1, -0.05) is 24.9 Å². The molecule has 0 saturated carbocycles. The standard InChI is InChI=1S/C24H30ClN3O4/c1-3-4-16-32-21-11-6-18(17-22(21)31-2)23(29)27-12-5-13-28(15-14-27)24(30)26-20-9-7-19(25)8-10-20/h6-11,17H,3-5,12-16H2,1-2H3,(H,26,30). The zero-order chi connectivity index (χ0) is 22.9. The monoisotopic (exact) mass is 459 g/mol. The summed E-state index contributed by atoms with van der Waals surface area (Å²) in [7, 11) is 1.57. The summed E-state index contributed by atoms with van der Waals surface area (Å²) in [4.78, 5) is 29.2. The maximum Gasteiger partial charge on any atom is 0.321 e. The van der Waals surface area contributed by atoms with Crippen LogP contribution in [0.1, 0.15) is 36.5 Å². The van der Waals surface area contributed by atoms with E-state index in [2.05, 4.69) is 12.2 Å². The van der Waals surface area contributed by atoms with Crippen LogP contribution < -0.4 is 14.8 Å². The number of benzene rings is 2. The van der Waals surface area contributed by atoms with E-state index in [9.17, 15) is 9.59 Å². The fourth-order valence-corrected chi connectivity index (χ4v) is 3.61. The highest BCUT2D eigenvalue weighted by molar-refractivity contribution is 6.30. The van der Waals surface area contributed by atoms with Crippen LogP contribution in [-0.2, 0) is 0 Å². The van der Waals surface area contributed by atoms with E-state index in [0.29, 0.717) is 67.0 Å². The molecule has 0 spiro atoms.